The average Bonchev–Trinajstić information content (AvgIpc) is 2.92. The molecule has 2 nitrogen and oxygen atoms in total. The number of nitrogens with one attached hydrogen (secondary N) is 1. The second-order valence-corrected chi connectivity index (χ2v) is 4.73. The van der Waals surface area contributed by atoms with E-state index >= 15 is 0 Å². The molecule has 1 aliphatic carbocycles. The van der Waals surface area contributed by atoms with Crippen LogP contribution in [0.3, 0.4) is 0 Å². The Morgan fingerprint density at radius 3 is 2.60 bits per heavy atom. The van der Waals surface area contributed by atoms with Crippen LogP contribution in [0.2, 0.25) is 0 Å². The van der Waals surface area contributed by atoms with Crippen LogP contribution < -0.4 is 5.32 Å². The largest absolute Gasteiger partial charge is 0.382 e. The number of aromatic nitrogens is 1. The Hall–Kier alpha value is -1.35. The summed E-state index contributed by atoms with van der Waals surface area (Å²) in [4.78, 5) is 4.29. The maximum absolute atomic E-state index is 4.29. The lowest BCUT2D eigenvalue weighted by Gasteiger charge is -2.04. The van der Waals surface area contributed by atoms with Crippen LogP contribution in [0.15, 0.2) is 35.8 Å². The molecule has 1 aromatic carbocycles. The predicted molar refractivity (Wildman–Crippen MR) is 64.2 cm³/mol. The molecule has 0 bridgehead atoms. The zero-order valence-corrected chi connectivity index (χ0v) is 9.13. The first-order valence-corrected chi connectivity index (χ1v) is 6.06. The molecule has 3 rings (SSSR count). The van der Waals surface area contributed by atoms with Crippen LogP contribution in [0, 0.1) is 0 Å². The molecular formula is C12H12N2S. The second kappa shape index (κ2) is 3.66. The number of thiazole rings is 1. The molecular weight excluding hydrogens is 204 g/mol. The number of hydrogen-bond acceptors (Lipinski definition) is 3. The van der Waals surface area contributed by atoms with Crippen molar-refractivity contribution in [3.8, 4) is 10.6 Å². The predicted octanol–water partition coefficient (Wildman–Crippen LogP) is 3.38. The van der Waals surface area contributed by atoms with Gasteiger partial charge in [-0.05, 0) is 37.1 Å². The van der Waals surface area contributed by atoms with Crippen molar-refractivity contribution in [1.82, 2.24) is 4.98 Å². The van der Waals surface area contributed by atoms with E-state index < -0.39 is 0 Å². The van der Waals surface area contributed by atoms with Gasteiger partial charge in [0.15, 0.2) is 0 Å². The average molecular weight is 216 g/mol. The Morgan fingerprint density at radius 2 is 2.00 bits per heavy atom. The first kappa shape index (κ1) is 8.92. The van der Waals surface area contributed by atoms with Gasteiger partial charge >= 0.3 is 0 Å². The summed E-state index contributed by atoms with van der Waals surface area (Å²) in [6, 6.07) is 9.24. The van der Waals surface area contributed by atoms with Crippen LogP contribution in [0.4, 0.5) is 5.69 Å². The van der Waals surface area contributed by atoms with Gasteiger partial charge in [-0.25, -0.2) is 4.98 Å². The van der Waals surface area contributed by atoms with Crippen molar-refractivity contribution in [2.24, 2.45) is 0 Å². The fourth-order valence-corrected chi connectivity index (χ4v) is 2.18. The first-order chi connectivity index (χ1) is 7.42. The lowest BCUT2D eigenvalue weighted by atomic mass is 10.2. The molecule has 15 heavy (non-hydrogen) atoms. The summed E-state index contributed by atoms with van der Waals surface area (Å²) in [5, 5.41) is 6.57. The highest BCUT2D eigenvalue weighted by atomic mass is 32.1. The van der Waals surface area contributed by atoms with Gasteiger partial charge in [-0.1, -0.05) is 0 Å². The standard InChI is InChI=1S/C12H12N2S/c1-3-10(14-11-5-6-11)4-2-9(1)12-13-7-8-15-12/h1-4,7-8,11,14H,5-6H2. The fraction of sp³-hybridized carbons (Fsp3) is 0.250. The molecule has 1 aliphatic rings. The van der Waals surface area contributed by atoms with Gasteiger partial charge in [0.05, 0.1) is 0 Å². The van der Waals surface area contributed by atoms with Crippen LogP contribution in [0.1, 0.15) is 12.8 Å². The van der Waals surface area contributed by atoms with E-state index in [9.17, 15) is 0 Å². The van der Waals surface area contributed by atoms with E-state index in [2.05, 4.69) is 34.6 Å². The van der Waals surface area contributed by atoms with E-state index in [0.29, 0.717) is 0 Å². The van der Waals surface area contributed by atoms with Crippen LogP contribution in [-0.4, -0.2) is 11.0 Å². The van der Waals surface area contributed by atoms with Gasteiger partial charge in [0.25, 0.3) is 0 Å². The molecule has 0 spiro atoms. The smallest absolute Gasteiger partial charge is 0.123 e. The van der Waals surface area contributed by atoms with Crippen molar-refractivity contribution in [3.05, 3.63) is 35.8 Å². The lowest BCUT2D eigenvalue weighted by Crippen LogP contribution is -1.99. The van der Waals surface area contributed by atoms with Crippen molar-refractivity contribution in [2.45, 2.75) is 18.9 Å². The van der Waals surface area contributed by atoms with Gasteiger partial charge in [0.1, 0.15) is 5.01 Å². The quantitative estimate of drug-likeness (QED) is 0.850. The summed E-state index contributed by atoms with van der Waals surface area (Å²) in [6.45, 7) is 0. The highest BCUT2D eigenvalue weighted by molar-refractivity contribution is 7.13. The van der Waals surface area contributed by atoms with E-state index in [0.717, 1.165) is 11.0 Å². The third-order valence-electron chi connectivity index (χ3n) is 2.51. The van der Waals surface area contributed by atoms with Crippen LogP contribution in [0.25, 0.3) is 10.6 Å². The van der Waals surface area contributed by atoms with Gasteiger partial charge in [-0.2, -0.15) is 0 Å². The molecule has 0 aliphatic heterocycles. The van der Waals surface area contributed by atoms with Gasteiger partial charge in [0.2, 0.25) is 0 Å². The summed E-state index contributed by atoms with van der Waals surface area (Å²) in [7, 11) is 0. The Kier molecular flexibility index (Phi) is 2.18. The Balaban J connectivity index is 1.80. The van der Waals surface area contributed by atoms with Gasteiger partial charge in [0, 0.05) is 28.9 Å². The molecule has 0 unspecified atom stereocenters. The van der Waals surface area contributed by atoms with E-state index in [1.165, 1.54) is 24.1 Å². The van der Waals surface area contributed by atoms with Crippen molar-refractivity contribution in [3.63, 3.8) is 0 Å². The molecule has 0 atom stereocenters. The maximum atomic E-state index is 4.29. The van der Waals surface area contributed by atoms with Crippen LogP contribution in [0.5, 0.6) is 0 Å². The van der Waals surface area contributed by atoms with Crippen molar-refractivity contribution >= 4 is 17.0 Å². The second-order valence-electron chi connectivity index (χ2n) is 3.83. The van der Waals surface area contributed by atoms with Gasteiger partial charge in [-0.3, -0.25) is 0 Å². The van der Waals surface area contributed by atoms with Crippen LogP contribution in [-0.2, 0) is 0 Å². The monoisotopic (exact) mass is 216 g/mol. The molecule has 0 saturated heterocycles. The first-order valence-electron chi connectivity index (χ1n) is 5.18. The van der Waals surface area contributed by atoms with Crippen molar-refractivity contribution < 1.29 is 0 Å². The molecule has 1 aromatic heterocycles. The highest BCUT2D eigenvalue weighted by Crippen LogP contribution is 2.27. The summed E-state index contributed by atoms with van der Waals surface area (Å²) in [5.74, 6) is 0. The molecule has 1 heterocycles. The van der Waals surface area contributed by atoms with Gasteiger partial charge in [-0.15, -0.1) is 11.3 Å². The molecule has 76 valence electrons. The topological polar surface area (TPSA) is 24.9 Å². The third-order valence-corrected chi connectivity index (χ3v) is 3.33. The Labute approximate surface area is 93.0 Å². The minimum absolute atomic E-state index is 0.718. The van der Waals surface area contributed by atoms with E-state index in [1.54, 1.807) is 11.3 Å². The van der Waals surface area contributed by atoms with Crippen molar-refractivity contribution in [1.29, 1.82) is 0 Å². The molecule has 0 amide bonds. The summed E-state index contributed by atoms with van der Waals surface area (Å²) >= 11 is 1.68. The summed E-state index contributed by atoms with van der Waals surface area (Å²) < 4.78 is 0. The zero-order chi connectivity index (χ0) is 10.1. The summed E-state index contributed by atoms with van der Waals surface area (Å²) in [5.41, 5.74) is 2.42. The third kappa shape index (κ3) is 2.02. The number of benzene rings is 1. The number of hydrogen-bond donors (Lipinski definition) is 1. The van der Waals surface area contributed by atoms with E-state index in [1.807, 2.05) is 11.6 Å². The molecule has 2 aromatic rings. The Morgan fingerprint density at radius 1 is 1.20 bits per heavy atom. The highest BCUT2D eigenvalue weighted by Gasteiger charge is 2.20. The van der Waals surface area contributed by atoms with Crippen molar-refractivity contribution in [2.75, 3.05) is 5.32 Å². The number of anilines is 1. The minimum atomic E-state index is 0.718. The van der Waals surface area contributed by atoms with E-state index in [-0.39, 0.29) is 0 Å². The molecule has 0 radical (unpaired) electrons. The minimum Gasteiger partial charge on any atom is -0.382 e. The SMILES string of the molecule is c1csc(-c2ccc(NC3CC3)cc2)n1. The number of rotatable bonds is 3. The van der Waals surface area contributed by atoms with Gasteiger partial charge < -0.3 is 5.32 Å². The van der Waals surface area contributed by atoms with Crippen LogP contribution >= 0.6 is 11.3 Å². The fourth-order valence-electron chi connectivity index (χ4n) is 1.54. The molecule has 1 saturated carbocycles. The molecule has 1 N–H and O–H groups in total. The molecule has 3 heteroatoms. The maximum Gasteiger partial charge on any atom is 0.123 e. The molecule has 1 fully saturated rings. The lowest BCUT2D eigenvalue weighted by molar-refractivity contribution is 1.16. The summed E-state index contributed by atoms with van der Waals surface area (Å²) in [6.07, 6.45) is 4.47. The Bertz CT molecular complexity index is 429. The van der Waals surface area contributed by atoms with E-state index in [4.69, 9.17) is 0 Å². The normalized spacial score (nSPS) is 15.2. The zero-order valence-electron chi connectivity index (χ0n) is 8.31. The number of nitrogens with zero attached hydrogens (tertiary/aromatic N) is 1.